The maximum atomic E-state index is 12.6. The highest BCUT2D eigenvalue weighted by atomic mass is 32.2. The molecule has 7 heteroatoms. The summed E-state index contributed by atoms with van der Waals surface area (Å²) in [5.74, 6) is -0.508. The highest BCUT2D eigenvalue weighted by Crippen LogP contribution is 2.17. The van der Waals surface area contributed by atoms with E-state index in [0.717, 1.165) is 20.7 Å². The molecule has 2 aromatic heterocycles. The number of nitrogens with zero attached hydrogens (tertiary/aromatic N) is 2. The predicted octanol–water partition coefficient (Wildman–Crippen LogP) is 3.13. The Hall–Kier alpha value is -2.93. The fourth-order valence-electron chi connectivity index (χ4n) is 2.49. The van der Waals surface area contributed by atoms with Crippen LogP contribution in [0.1, 0.15) is 27.2 Å². The molecule has 0 aliphatic rings. The number of nitrogens with one attached hydrogen (secondary N) is 1. The van der Waals surface area contributed by atoms with Crippen LogP contribution in [0.2, 0.25) is 0 Å². The van der Waals surface area contributed by atoms with Gasteiger partial charge in [-0.05, 0) is 48.7 Å². The predicted molar refractivity (Wildman–Crippen MR) is 101 cm³/mol. The summed E-state index contributed by atoms with van der Waals surface area (Å²) in [6, 6.07) is 12.1. The number of amides is 1. The van der Waals surface area contributed by atoms with Crippen LogP contribution in [0, 0.1) is 13.8 Å². The van der Waals surface area contributed by atoms with Gasteiger partial charge in [0.25, 0.3) is 5.91 Å². The van der Waals surface area contributed by atoms with E-state index in [2.05, 4.69) is 10.3 Å². The maximum absolute atomic E-state index is 12.6. The molecule has 0 unspecified atom stereocenters. The van der Waals surface area contributed by atoms with Gasteiger partial charge in [0, 0.05) is 18.6 Å². The van der Waals surface area contributed by atoms with Crippen LogP contribution in [0.4, 0.5) is 5.69 Å². The van der Waals surface area contributed by atoms with Crippen LogP contribution in [0.3, 0.4) is 0 Å². The van der Waals surface area contributed by atoms with Gasteiger partial charge in [-0.15, -0.1) is 0 Å². The summed E-state index contributed by atoms with van der Waals surface area (Å²) in [6.07, 6.45) is 4.33. The lowest BCUT2D eigenvalue weighted by Crippen LogP contribution is -2.15. The van der Waals surface area contributed by atoms with Crippen molar-refractivity contribution in [3.63, 3.8) is 0 Å². The molecule has 0 aliphatic heterocycles. The number of hydrogen-bond acceptors (Lipinski definition) is 4. The highest BCUT2D eigenvalue weighted by Gasteiger charge is 2.16. The minimum atomic E-state index is -3.57. The first-order valence-electron chi connectivity index (χ1n) is 8.05. The van der Waals surface area contributed by atoms with Crippen molar-refractivity contribution in [2.45, 2.75) is 19.6 Å². The second-order valence-corrected chi connectivity index (χ2v) is 7.95. The Balaban J connectivity index is 1.75. The Bertz CT molecular complexity index is 1040. The van der Waals surface area contributed by atoms with E-state index in [1.165, 1.54) is 18.6 Å². The molecule has 6 nitrogen and oxygen atoms in total. The number of rotatable bonds is 5. The van der Waals surface area contributed by atoms with Crippen molar-refractivity contribution in [2.75, 3.05) is 5.32 Å². The number of pyridine rings is 1. The Morgan fingerprint density at radius 1 is 1.12 bits per heavy atom. The molecule has 0 aliphatic carbocycles. The van der Waals surface area contributed by atoms with Crippen LogP contribution in [0.15, 0.2) is 61.1 Å². The number of hydrogen-bond donors (Lipinski definition) is 1. The highest BCUT2D eigenvalue weighted by molar-refractivity contribution is 7.89. The summed E-state index contributed by atoms with van der Waals surface area (Å²) < 4.78 is 26.3. The van der Waals surface area contributed by atoms with Crippen molar-refractivity contribution in [1.82, 2.24) is 8.96 Å². The van der Waals surface area contributed by atoms with E-state index in [1.807, 2.05) is 32.0 Å². The van der Waals surface area contributed by atoms with Gasteiger partial charge in [-0.25, -0.2) is 8.42 Å². The second-order valence-electron chi connectivity index (χ2n) is 6.07. The third-order valence-electron chi connectivity index (χ3n) is 4.06. The lowest BCUT2D eigenvalue weighted by atomic mass is 10.1. The molecule has 0 radical (unpaired) electrons. The molecule has 0 spiro atoms. The maximum Gasteiger partial charge on any atom is 0.274 e. The summed E-state index contributed by atoms with van der Waals surface area (Å²) in [7, 11) is -3.57. The number of aromatic nitrogens is 2. The number of aryl methyl sites for hydroxylation is 2. The van der Waals surface area contributed by atoms with Gasteiger partial charge < -0.3 is 5.32 Å². The number of carbonyl (C=O) groups is 1. The summed E-state index contributed by atoms with van der Waals surface area (Å²) >= 11 is 0. The van der Waals surface area contributed by atoms with Gasteiger partial charge in [0.1, 0.15) is 5.69 Å². The van der Waals surface area contributed by atoms with E-state index in [9.17, 15) is 13.2 Å². The lowest BCUT2D eigenvalue weighted by molar-refractivity contribution is 0.102. The Kier molecular flexibility index (Phi) is 4.90. The molecule has 1 aromatic carbocycles. The van der Waals surface area contributed by atoms with Crippen molar-refractivity contribution < 1.29 is 13.2 Å². The van der Waals surface area contributed by atoms with Crippen molar-refractivity contribution in [3.05, 3.63) is 83.4 Å². The van der Waals surface area contributed by atoms with Crippen LogP contribution >= 0.6 is 0 Å². The van der Waals surface area contributed by atoms with E-state index in [-0.39, 0.29) is 11.4 Å². The zero-order valence-electron chi connectivity index (χ0n) is 14.5. The molecule has 26 heavy (non-hydrogen) atoms. The number of anilines is 1. The van der Waals surface area contributed by atoms with Crippen molar-refractivity contribution in [2.24, 2.45) is 0 Å². The Morgan fingerprint density at radius 2 is 1.92 bits per heavy atom. The standard InChI is InChI=1S/C19H19N3O3S/c1-14-6-7-16(11-15(14)2)13-26(24,25)22-10-8-17(12-22)21-19(23)18-5-3-4-9-20-18/h3-12H,13H2,1-2H3,(H,21,23). The van der Waals surface area contributed by atoms with Gasteiger partial charge in [0.05, 0.1) is 11.4 Å². The smallest absolute Gasteiger partial charge is 0.274 e. The Morgan fingerprint density at radius 3 is 2.62 bits per heavy atom. The summed E-state index contributed by atoms with van der Waals surface area (Å²) in [6.45, 7) is 3.93. The fraction of sp³-hybridized carbons (Fsp3) is 0.158. The van der Waals surface area contributed by atoms with E-state index >= 15 is 0 Å². The average molecular weight is 369 g/mol. The third kappa shape index (κ3) is 4.00. The minimum absolute atomic E-state index is 0.115. The van der Waals surface area contributed by atoms with Gasteiger partial charge in [0.2, 0.25) is 10.0 Å². The molecule has 0 atom stereocenters. The molecule has 0 saturated carbocycles. The first-order chi connectivity index (χ1) is 12.3. The molecule has 3 aromatic rings. The van der Waals surface area contributed by atoms with E-state index in [0.29, 0.717) is 5.69 Å². The Labute approximate surface area is 152 Å². The first-order valence-corrected chi connectivity index (χ1v) is 9.66. The number of carbonyl (C=O) groups excluding carboxylic acids is 1. The van der Waals surface area contributed by atoms with Gasteiger partial charge >= 0.3 is 0 Å². The molecular weight excluding hydrogens is 350 g/mol. The zero-order valence-corrected chi connectivity index (χ0v) is 15.3. The van der Waals surface area contributed by atoms with Crippen LogP contribution in [0.25, 0.3) is 0 Å². The van der Waals surface area contributed by atoms with Gasteiger partial charge in [0.15, 0.2) is 0 Å². The summed E-state index contributed by atoms with van der Waals surface area (Å²) in [5, 5.41) is 2.64. The molecule has 2 heterocycles. The molecule has 3 rings (SSSR count). The normalized spacial score (nSPS) is 11.3. The van der Waals surface area contributed by atoms with Gasteiger partial charge in [-0.3, -0.25) is 13.8 Å². The van der Waals surface area contributed by atoms with E-state index in [1.54, 1.807) is 24.3 Å². The summed E-state index contributed by atoms with van der Waals surface area (Å²) in [5.41, 5.74) is 3.54. The molecule has 134 valence electrons. The van der Waals surface area contributed by atoms with Gasteiger partial charge in [-0.2, -0.15) is 0 Å². The summed E-state index contributed by atoms with van der Waals surface area (Å²) in [4.78, 5) is 16.1. The average Bonchev–Trinajstić information content (AvgIpc) is 3.08. The van der Waals surface area contributed by atoms with Crippen LogP contribution in [0.5, 0.6) is 0 Å². The zero-order chi connectivity index (χ0) is 18.7. The van der Waals surface area contributed by atoms with E-state index < -0.39 is 15.9 Å². The van der Waals surface area contributed by atoms with Crippen LogP contribution in [-0.4, -0.2) is 23.3 Å². The second kappa shape index (κ2) is 7.13. The molecule has 0 fully saturated rings. The SMILES string of the molecule is Cc1ccc(CS(=O)(=O)n2ccc(NC(=O)c3ccccn3)c2)cc1C. The van der Waals surface area contributed by atoms with E-state index in [4.69, 9.17) is 0 Å². The molecule has 1 amide bonds. The van der Waals surface area contributed by atoms with Crippen LogP contribution in [-0.2, 0) is 15.8 Å². The third-order valence-corrected chi connectivity index (χ3v) is 5.63. The van der Waals surface area contributed by atoms with Gasteiger partial charge in [-0.1, -0.05) is 24.3 Å². The minimum Gasteiger partial charge on any atom is -0.319 e. The van der Waals surface area contributed by atoms with Crippen molar-refractivity contribution in [3.8, 4) is 0 Å². The monoisotopic (exact) mass is 369 g/mol. The lowest BCUT2D eigenvalue weighted by Gasteiger charge is -2.08. The molecule has 0 bridgehead atoms. The largest absolute Gasteiger partial charge is 0.319 e. The van der Waals surface area contributed by atoms with Crippen molar-refractivity contribution in [1.29, 1.82) is 0 Å². The van der Waals surface area contributed by atoms with Crippen LogP contribution < -0.4 is 5.32 Å². The first kappa shape index (κ1) is 17.9. The quantitative estimate of drug-likeness (QED) is 0.749. The fourth-order valence-corrected chi connectivity index (χ4v) is 3.76. The number of benzene rings is 1. The molecular formula is C19H19N3O3S. The molecule has 0 saturated heterocycles. The van der Waals surface area contributed by atoms with Crippen molar-refractivity contribution >= 4 is 21.6 Å². The topological polar surface area (TPSA) is 81.1 Å². The molecule has 1 N–H and O–H groups in total.